The van der Waals surface area contributed by atoms with Crippen LogP contribution in [0.5, 0.6) is 5.75 Å². The number of nitrogens with one attached hydrogen (secondary N) is 1. The van der Waals surface area contributed by atoms with Crippen molar-refractivity contribution in [2.45, 2.75) is 51.9 Å². The van der Waals surface area contributed by atoms with E-state index in [-0.39, 0.29) is 6.10 Å². The van der Waals surface area contributed by atoms with Gasteiger partial charge < -0.3 is 14.8 Å². The van der Waals surface area contributed by atoms with E-state index in [4.69, 9.17) is 14.5 Å². The van der Waals surface area contributed by atoms with Crippen molar-refractivity contribution in [3.63, 3.8) is 0 Å². The van der Waals surface area contributed by atoms with Crippen LogP contribution in [0, 0.1) is 0 Å². The molecule has 0 aliphatic carbocycles. The molecule has 0 saturated carbocycles. The van der Waals surface area contributed by atoms with Crippen LogP contribution >= 0.6 is 0 Å². The van der Waals surface area contributed by atoms with Crippen molar-refractivity contribution in [3.8, 4) is 5.75 Å². The summed E-state index contributed by atoms with van der Waals surface area (Å²) < 4.78 is 11.4. The lowest BCUT2D eigenvalue weighted by atomic mass is 9.93. The molecule has 0 amide bonds. The van der Waals surface area contributed by atoms with Crippen LogP contribution < -0.4 is 10.1 Å². The van der Waals surface area contributed by atoms with Crippen LogP contribution in [0.4, 0.5) is 11.5 Å². The first-order valence-corrected chi connectivity index (χ1v) is 11.6. The van der Waals surface area contributed by atoms with Gasteiger partial charge in [-0.3, -0.25) is 14.9 Å². The van der Waals surface area contributed by atoms with Crippen molar-refractivity contribution < 1.29 is 9.47 Å². The molecule has 4 rings (SSSR count). The SMILES string of the molecule is COCc1cc(CN2CCC[C@@H](c3ccc(Nc4cnccn4)cn3)C2)ccc1OC(C)C. The first kappa shape index (κ1) is 23.1. The van der Waals surface area contributed by atoms with Crippen molar-refractivity contribution in [1.29, 1.82) is 0 Å². The van der Waals surface area contributed by atoms with Crippen molar-refractivity contribution in [2.75, 3.05) is 25.5 Å². The number of benzene rings is 1. The van der Waals surface area contributed by atoms with Gasteiger partial charge in [0.05, 0.1) is 30.8 Å². The second-order valence-corrected chi connectivity index (χ2v) is 8.80. The van der Waals surface area contributed by atoms with Crippen LogP contribution in [0.2, 0.25) is 0 Å². The Balaban J connectivity index is 1.39. The minimum Gasteiger partial charge on any atom is -0.491 e. The molecule has 0 unspecified atom stereocenters. The normalized spacial score (nSPS) is 16.7. The standard InChI is InChI=1S/C26H33N5O2/c1-19(2)33-25-9-6-20(13-22(25)18-32-3)16-31-12-4-5-21(17-31)24-8-7-23(14-29-24)30-26-15-27-10-11-28-26/h6-11,13-15,19,21H,4-5,12,16-18H2,1-3H3,(H,28,30)/t21-/m1/s1. The molecule has 7 nitrogen and oxygen atoms in total. The maximum Gasteiger partial charge on any atom is 0.148 e. The Morgan fingerprint density at radius 1 is 1.12 bits per heavy atom. The number of aromatic nitrogens is 3. The third kappa shape index (κ3) is 6.49. The second kappa shape index (κ2) is 11.2. The molecular weight excluding hydrogens is 414 g/mol. The van der Waals surface area contributed by atoms with Gasteiger partial charge in [0, 0.05) is 49.8 Å². The highest BCUT2D eigenvalue weighted by atomic mass is 16.5. The average molecular weight is 448 g/mol. The van der Waals surface area contributed by atoms with Crippen molar-refractivity contribution in [3.05, 3.63) is 71.9 Å². The molecule has 1 N–H and O–H groups in total. The Labute approximate surface area is 196 Å². The molecule has 1 aliphatic rings. The number of ether oxygens (including phenoxy) is 2. The Morgan fingerprint density at radius 3 is 2.76 bits per heavy atom. The van der Waals surface area contributed by atoms with Crippen molar-refractivity contribution in [1.82, 2.24) is 19.9 Å². The summed E-state index contributed by atoms with van der Waals surface area (Å²) in [7, 11) is 1.72. The van der Waals surface area contributed by atoms with E-state index in [2.05, 4.69) is 50.5 Å². The van der Waals surface area contributed by atoms with Gasteiger partial charge in [-0.2, -0.15) is 0 Å². The zero-order valence-electron chi connectivity index (χ0n) is 19.7. The highest BCUT2D eigenvalue weighted by molar-refractivity contribution is 5.53. The lowest BCUT2D eigenvalue weighted by molar-refractivity contribution is 0.174. The number of nitrogens with zero attached hydrogens (tertiary/aromatic N) is 4. The molecule has 1 atom stereocenters. The Bertz CT molecular complexity index is 1010. The number of rotatable bonds is 9. The molecular formula is C26H33N5O2. The van der Waals surface area contributed by atoms with Gasteiger partial charge in [0.25, 0.3) is 0 Å². The number of methoxy groups -OCH3 is 1. The summed E-state index contributed by atoms with van der Waals surface area (Å²) in [5.74, 6) is 2.06. The van der Waals surface area contributed by atoms with E-state index >= 15 is 0 Å². The lowest BCUT2D eigenvalue weighted by Gasteiger charge is -2.32. The first-order valence-electron chi connectivity index (χ1n) is 11.6. The zero-order valence-corrected chi connectivity index (χ0v) is 19.7. The first-order chi connectivity index (χ1) is 16.1. The predicted octanol–water partition coefficient (Wildman–Crippen LogP) is 4.93. The summed E-state index contributed by atoms with van der Waals surface area (Å²) in [4.78, 5) is 15.6. The molecule has 7 heteroatoms. The van der Waals surface area contributed by atoms with E-state index in [1.54, 1.807) is 25.7 Å². The molecule has 0 spiro atoms. The topological polar surface area (TPSA) is 72.4 Å². The quantitative estimate of drug-likeness (QED) is 0.499. The van der Waals surface area contributed by atoms with Crippen LogP contribution in [-0.2, 0) is 17.9 Å². The van der Waals surface area contributed by atoms with Crippen LogP contribution in [-0.4, -0.2) is 46.2 Å². The van der Waals surface area contributed by atoms with Gasteiger partial charge in [0.2, 0.25) is 0 Å². The highest BCUT2D eigenvalue weighted by Gasteiger charge is 2.22. The monoisotopic (exact) mass is 447 g/mol. The van der Waals surface area contributed by atoms with Gasteiger partial charge in [-0.05, 0) is 63.1 Å². The summed E-state index contributed by atoms with van der Waals surface area (Å²) in [6.07, 6.45) is 9.39. The fraction of sp³-hybridized carbons (Fsp3) is 0.423. The summed E-state index contributed by atoms with van der Waals surface area (Å²) in [6.45, 7) is 7.68. The van der Waals surface area contributed by atoms with Crippen molar-refractivity contribution >= 4 is 11.5 Å². The van der Waals surface area contributed by atoms with Crippen LogP contribution in [0.1, 0.15) is 49.4 Å². The van der Waals surface area contributed by atoms with Crippen molar-refractivity contribution in [2.24, 2.45) is 0 Å². The third-order valence-electron chi connectivity index (χ3n) is 5.74. The Kier molecular flexibility index (Phi) is 7.86. The van der Waals surface area contributed by atoms with E-state index in [0.717, 1.165) is 48.7 Å². The van der Waals surface area contributed by atoms with E-state index in [9.17, 15) is 0 Å². The molecule has 2 aromatic heterocycles. The maximum atomic E-state index is 5.95. The van der Waals surface area contributed by atoms with E-state index in [1.807, 2.05) is 20.0 Å². The molecule has 1 saturated heterocycles. The minimum atomic E-state index is 0.143. The van der Waals surface area contributed by atoms with E-state index in [1.165, 1.54) is 12.0 Å². The van der Waals surface area contributed by atoms with Gasteiger partial charge >= 0.3 is 0 Å². The minimum absolute atomic E-state index is 0.143. The van der Waals surface area contributed by atoms with Gasteiger partial charge in [0.15, 0.2) is 0 Å². The zero-order chi connectivity index (χ0) is 23.0. The predicted molar refractivity (Wildman–Crippen MR) is 130 cm³/mol. The average Bonchev–Trinajstić information content (AvgIpc) is 2.82. The molecule has 1 aromatic carbocycles. The Morgan fingerprint density at radius 2 is 2.03 bits per heavy atom. The molecule has 3 heterocycles. The van der Waals surface area contributed by atoms with E-state index in [0.29, 0.717) is 18.3 Å². The number of hydrogen-bond acceptors (Lipinski definition) is 7. The molecule has 174 valence electrons. The summed E-state index contributed by atoms with van der Waals surface area (Å²) in [6, 6.07) is 10.7. The summed E-state index contributed by atoms with van der Waals surface area (Å²) >= 11 is 0. The molecule has 33 heavy (non-hydrogen) atoms. The molecule has 1 aliphatic heterocycles. The number of piperidine rings is 1. The Hall–Kier alpha value is -3.03. The summed E-state index contributed by atoms with van der Waals surface area (Å²) in [5.41, 5.74) is 4.45. The number of pyridine rings is 1. The largest absolute Gasteiger partial charge is 0.491 e. The van der Waals surface area contributed by atoms with Gasteiger partial charge in [0.1, 0.15) is 11.6 Å². The third-order valence-corrected chi connectivity index (χ3v) is 5.74. The molecule has 1 fully saturated rings. The second-order valence-electron chi connectivity index (χ2n) is 8.80. The summed E-state index contributed by atoms with van der Waals surface area (Å²) in [5, 5.41) is 3.24. The van der Waals surface area contributed by atoms with Crippen LogP contribution in [0.3, 0.4) is 0 Å². The molecule has 0 bridgehead atoms. The molecule has 0 radical (unpaired) electrons. The lowest BCUT2D eigenvalue weighted by Crippen LogP contribution is -2.34. The smallest absolute Gasteiger partial charge is 0.148 e. The van der Waals surface area contributed by atoms with Gasteiger partial charge in [-0.25, -0.2) is 4.98 Å². The van der Waals surface area contributed by atoms with Gasteiger partial charge in [-0.1, -0.05) is 6.07 Å². The number of hydrogen-bond donors (Lipinski definition) is 1. The van der Waals surface area contributed by atoms with Crippen LogP contribution in [0.25, 0.3) is 0 Å². The van der Waals surface area contributed by atoms with Gasteiger partial charge in [-0.15, -0.1) is 0 Å². The number of likely N-dealkylation sites (tertiary alicyclic amines) is 1. The fourth-order valence-electron chi connectivity index (χ4n) is 4.30. The highest BCUT2D eigenvalue weighted by Crippen LogP contribution is 2.29. The van der Waals surface area contributed by atoms with Crippen LogP contribution in [0.15, 0.2) is 55.1 Å². The molecule has 3 aromatic rings. The fourth-order valence-corrected chi connectivity index (χ4v) is 4.30. The van der Waals surface area contributed by atoms with E-state index < -0.39 is 0 Å². The number of anilines is 2. The maximum absolute atomic E-state index is 5.95.